The molecule has 7 heteroatoms. The van der Waals surface area contributed by atoms with E-state index in [1.165, 1.54) is 12.6 Å². The molecule has 6 nitrogen and oxygen atoms in total. The lowest BCUT2D eigenvalue weighted by molar-refractivity contribution is -0.127. The van der Waals surface area contributed by atoms with Crippen molar-refractivity contribution in [2.45, 2.75) is 64.6 Å². The minimum absolute atomic E-state index is 0.144. The molecule has 0 saturated heterocycles. The van der Waals surface area contributed by atoms with Crippen LogP contribution >= 0.6 is 11.7 Å². The Morgan fingerprint density at radius 2 is 1.85 bits per heavy atom. The molecule has 4 rings (SSSR count). The molecule has 0 aliphatic heterocycles. The fraction of sp³-hybridized carbons (Fsp3) is 0.385. The third kappa shape index (κ3) is 5.66. The average molecular weight is 463 g/mol. The zero-order chi connectivity index (χ0) is 23.2. The van der Waals surface area contributed by atoms with Crippen molar-refractivity contribution in [1.29, 1.82) is 0 Å². The molecule has 0 radical (unpaired) electrons. The second kappa shape index (κ2) is 10.7. The van der Waals surface area contributed by atoms with Crippen molar-refractivity contribution in [1.82, 2.24) is 19.0 Å². The first kappa shape index (κ1) is 23.1. The van der Waals surface area contributed by atoms with Gasteiger partial charge in [0.25, 0.3) is 5.91 Å². The second-order valence-electron chi connectivity index (χ2n) is 8.81. The summed E-state index contributed by atoms with van der Waals surface area (Å²) in [5.41, 5.74) is 4.29. The Balaban J connectivity index is 1.72. The summed E-state index contributed by atoms with van der Waals surface area (Å²) >= 11 is 0.993. The molecule has 1 saturated carbocycles. The average Bonchev–Trinajstić information content (AvgIpc) is 3.36. The molecule has 1 heterocycles. The highest BCUT2D eigenvalue weighted by Crippen LogP contribution is 2.28. The predicted molar refractivity (Wildman–Crippen MR) is 130 cm³/mol. The van der Waals surface area contributed by atoms with Crippen molar-refractivity contribution in [3.63, 3.8) is 0 Å². The minimum atomic E-state index is -0.761. The van der Waals surface area contributed by atoms with Gasteiger partial charge in [0.05, 0.1) is 17.9 Å². The summed E-state index contributed by atoms with van der Waals surface area (Å²) in [5.74, 6) is -0.439. The Kier molecular flexibility index (Phi) is 7.50. The number of carbonyl (C=O) groups excluding carboxylic acids is 2. The maximum absolute atomic E-state index is 13.7. The van der Waals surface area contributed by atoms with E-state index in [0.29, 0.717) is 6.54 Å². The van der Waals surface area contributed by atoms with E-state index in [0.717, 1.165) is 59.7 Å². The summed E-state index contributed by atoms with van der Waals surface area (Å²) in [5, 5.41) is 3.24. The third-order valence-electron chi connectivity index (χ3n) is 6.31. The van der Waals surface area contributed by atoms with Crippen LogP contribution in [-0.2, 0) is 11.3 Å². The van der Waals surface area contributed by atoms with E-state index in [-0.39, 0.29) is 23.6 Å². The third-order valence-corrected chi connectivity index (χ3v) is 6.78. The number of aromatic nitrogens is 2. The fourth-order valence-electron chi connectivity index (χ4n) is 4.53. The van der Waals surface area contributed by atoms with Gasteiger partial charge in [0.2, 0.25) is 5.91 Å². The summed E-state index contributed by atoms with van der Waals surface area (Å²) in [7, 11) is 0. The van der Waals surface area contributed by atoms with Crippen LogP contribution in [0.25, 0.3) is 0 Å². The largest absolute Gasteiger partial charge is 0.351 e. The Morgan fingerprint density at radius 1 is 1.09 bits per heavy atom. The standard InChI is InChI=1S/C26H30N4O2S/c1-18-13-14-21(19(2)15-18)17-30(26(32)23-16-27-33-29-23)24(20-9-5-3-6-10-20)25(31)28-22-11-7-4-8-12-22/h3,5-6,9-10,13-16,22,24H,4,7-8,11-12,17H2,1-2H3,(H,28,31). The SMILES string of the molecule is Cc1ccc(CN(C(=O)c2cnsn2)C(C(=O)NC2CCCCC2)c2ccccc2)c(C)c1. The Morgan fingerprint density at radius 3 is 2.52 bits per heavy atom. The molecule has 172 valence electrons. The van der Waals surface area contributed by atoms with Crippen LogP contribution in [0.3, 0.4) is 0 Å². The number of aryl methyl sites for hydroxylation is 2. The summed E-state index contributed by atoms with van der Waals surface area (Å²) in [6.07, 6.45) is 6.89. The molecule has 1 fully saturated rings. The first-order valence-corrected chi connectivity index (χ1v) is 12.3. The van der Waals surface area contributed by atoms with Gasteiger partial charge in [-0.1, -0.05) is 73.4 Å². The van der Waals surface area contributed by atoms with Crippen LogP contribution in [0.15, 0.2) is 54.7 Å². The molecule has 0 bridgehead atoms. The van der Waals surface area contributed by atoms with Gasteiger partial charge < -0.3 is 10.2 Å². The van der Waals surface area contributed by atoms with E-state index < -0.39 is 6.04 Å². The van der Waals surface area contributed by atoms with Crippen molar-refractivity contribution in [2.24, 2.45) is 0 Å². The number of nitrogens with zero attached hydrogens (tertiary/aromatic N) is 3. The highest BCUT2D eigenvalue weighted by Gasteiger charge is 2.34. The van der Waals surface area contributed by atoms with Gasteiger partial charge in [0.15, 0.2) is 5.69 Å². The summed E-state index contributed by atoms with van der Waals surface area (Å²) < 4.78 is 8.19. The van der Waals surface area contributed by atoms with Crippen molar-refractivity contribution < 1.29 is 9.59 Å². The van der Waals surface area contributed by atoms with Gasteiger partial charge in [-0.15, -0.1) is 0 Å². The number of hydrogen-bond donors (Lipinski definition) is 1. The summed E-state index contributed by atoms with van der Waals surface area (Å²) in [6.45, 7) is 4.39. The molecule has 1 atom stereocenters. The number of nitrogens with one attached hydrogen (secondary N) is 1. The molecular formula is C26H30N4O2S. The predicted octanol–water partition coefficient (Wildman–Crippen LogP) is 4.99. The van der Waals surface area contributed by atoms with E-state index in [4.69, 9.17) is 0 Å². The van der Waals surface area contributed by atoms with Crippen molar-refractivity contribution in [3.8, 4) is 0 Å². The van der Waals surface area contributed by atoms with Gasteiger partial charge in [-0.25, -0.2) is 0 Å². The molecule has 1 aliphatic carbocycles. The van der Waals surface area contributed by atoms with E-state index >= 15 is 0 Å². The molecule has 2 aromatic carbocycles. The van der Waals surface area contributed by atoms with Gasteiger partial charge in [0, 0.05) is 12.6 Å². The van der Waals surface area contributed by atoms with Crippen LogP contribution in [0.5, 0.6) is 0 Å². The molecule has 1 unspecified atom stereocenters. The van der Waals surface area contributed by atoms with Crippen LogP contribution < -0.4 is 5.32 Å². The van der Waals surface area contributed by atoms with Crippen LogP contribution in [0.1, 0.15) is 70.9 Å². The Labute approximate surface area is 199 Å². The number of hydrogen-bond acceptors (Lipinski definition) is 5. The normalized spacial score (nSPS) is 15.1. The van der Waals surface area contributed by atoms with Gasteiger partial charge in [0.1, 0.15) is 6.04 Å². The van der Waals surface area contributed by atoms with Crippen molar-refractivity contribution >= 4 is 23.5 Å². The first-order chi connectivity index (χ1) is 16.0. The lowest BCUT2D eigenvalue weighted by atomic mass is 9.94. The Hall–Kier alpha value is -3.06. The first-order valence-electron chi connectivity index (χ1n) is 11.5. The van der Waals surface area contributed by atoms with Crippen LogP contribution in [0, 0.1) is 13.8 Å². The molecule has 33 heavy (non-hydrogen) atoms. The molecule has 3 aromatic rings. The molecular weight excluding hydrogens is 432 g/mol. The molecule has 1 aliphatic rings. The molecule has 0 spiro atoms. The molecule has 2 amide bonds. The highest BCUT2D eigenvalue weighted by atomic mass is 32.1. The molecule has 1 N–H and O–H groups in total. The lowest BCUT2D eigenvalue weighted by Crippen LogP contribution is -2.47. The van der Waals surface area contributed by atoms with E-state index in [1.54, 1.807) is 4.90 Å². The van der Waals surface area contributed by atoms with Crippen LogP contribution in [0.4, 0.5) is 0 Å². The lowest BCUT2D eigenvalue weighted by Gasteiger charge is -2.33. The second-order valence-corrected chi connectivity index (χ2v) is 9.37. The van der Waals surface area contributed by atoms with Gasteiger partial charge >= 0.3 is 0 Å². The van der Waals surface area contributed by atoms with E-state index in [9.17, 15) is 9.59 Å². The smallest absolute Gasteiger partial charge is 0.276 e. The van der Waals surface area contributed by atoms with Gasteiger partial charge in [-0.3, -0.25) is 9.59 Å². The highest BCUT2D eigenvalue weighted by molar-refractivity contribution is 6.99. The number of benzene rings is 2. The summed E-state index contributed by atoms with van der Waals surface area (Å²) in [6, 6.07) is 15.1. The Bertz CT molecular complexity index is 1080. The van der Waals surface area contributed by atoms with Gasteiger partial charge in [-0.2, -0.15) is 8.75 Å². The maximum Gasteiger partial charge on any atom is 0.276 e. The number of carbonyl (C=O) groups is 2. The van der Waals surface area contributed by atoms with Gasteiger partial charge in [-0.05, 0) is 43.4 Å². The maximum atomic E-state index is 13.7. The zero-order valence-corrected chi connectivity index (χ0v) is 20.0. The van der Waals surface area contributed by atoms with E-state index in [1.807, 2.05) is 56.3 Å². The zero-order valence-electron chi connectivity index (χ0n) is 19.2. The quantitative estimate of drug-likeness (QED) is 0.537. The van der Waals surface area contributed by atoms with Crippen molar-refractivity contribution in [3.05, 3.63) is 82.7 Å². The van der Waals surface area contributed by atoms with Crippen LogP contribution in [0.2, 0.25) is 0 Å². The van der Waals surface area contributed by atoms with E-state index in [2.05, 4.69) is 20.1 Å². The monoisotopic (exact) mass is 462 g/mol. The minimum Gasteiger partial charge on any atom is -0.351 e. The number of amides is 2. The number of rotatable bonds is 7. The topological polar surface area (TPSA) is 75.2 Å². The summed E-state index contributed by atoms with van der Waals surface area (Å²) in [4.78, 5) is 29.0. The molecule has 1 aromatic heterocycles. The van der Waals surface area contributed by atoms with Crippen molar-refractivity contribution in [2.75, 3.05) is 0 Å². The van der Waals surface area contributed by atoms with Crippen LogP contribution in [-0.4, -0.2) is 31.5 Å². The fourth-order valence-corrected chi connectivity index (χ4v) is 4.94.